The summed E-state index contributed by atoms with van der Waals surface area (Å²) in [4.78, 5) is 23.6. The van der Waals surface area contributed by atoms with Crippen molar-refractivity contribution in [1.29, 1.82) is 0 Å². The highest BCUT2D eigenvalue weighted by molar-refractivity contribution is 5.95. The van der Waals surface area contributed by atoms with E-state index >= 15 is 0 Å². The highest BCUT2D eigenvalue weighted by Gasteiger charge is 2.29. The molecule has 0 aliphatic carbocycles. The SMILES string of the molecule is COc1cc(C(=O)N2CCCC(c3nc4ccccc4[nH]3)C2)cc(OC)c1OCc1ccccc1. The number of hydrogen-bond acceptors (Lipinski definition) is 5. The van der Waals surface area contributed by atoms with Crippen LogP contribution in [0.4, 0.5) is 0 Å². The standard InChI is InChI=1S/C28H29N3O4/c1-33-24-15-21(16-25(34-2)26(24)35-18-19-9-4-3-5-10-19)28(32)31-14-8-11-20(17-31)27-29-22-12-6-7-13-23(22)30-27/h3-7,9-10,12-13,15-16,20H,8,11,14,17-18H2,1-2H3,(H,29,30). The fraction of sp³-hybridized carbons (Fsp3) is 0.286. The first kappa shape index (κ1) is 22.8. The Kier molecular flexibility index (Phi) is 6.57. The van der Waals surface area contributed by atoms with Crippen LogP contribution in [0.25, 0.3) is 11.0 Å². The van der Waals surface area contributed by atoms with Crippen LogP contribution in [0.3, 0.4) is 0 Å². The van der Waals surface area contributed by atoms with Gasteiger partial charge in [-0.15, -0.1) is 0 Å². The maximum Gasteiger partial charge on any atom is 0.254 e. The summed E-state index contributed by atoms with van der Waals surface area (Å²) < 4.78 is 17.2. The second-order valence-corrected chi connectivity index (χ2v) is 8.71. The molecule has 7 heteroatoms. The molecule has 2 heterocycles. The maximum atomic E-state index is 13.5. The molecule has 180 valence electrons. The van der Waals surface area contributed by atoms with Gasteiger partial charge in [-0.25, -0.2) is 4.98 Å². The minimum absolute atomic E-state index is 0.0583. The molecule has 5 rings (SSSR count). The Bertz CT molecular complexity index is 1260. The number of piperidine rings is 1. The smallest absolute Gasteiger partial charge is 0.254 e. The average molecular weight is 472 g/mol. The van der Waals surface area contributed by atoms with Crippen molar-refractivity contribution in [3.05, 3.63) is 83.7 Å². The number of imidazole rings is 1. The molecule has 0 spiro atoms. The molecule has 1 aliphatic heterocycles. The van der Waals surface area contributed by atoms with Gasteiger partial charge in [0, 0.05) is 24.6 Å². The highest BCUT2D eigenvalue weighted by Crippen LogP contribution is 2.40. The van der Waals surface area contributed by atoms with Crippen LogP contribution in [0.1, 0.15) is 40.5 Å². The number of aromatic amines is 1. The summed E-state index contributed by atoms with van der Waals surface area (Å²) in [7, 11) is 3.13. The van der Waals surface area contributed by atoms with E-state index in [0.717, 1.165) is 35.3 Å². The molecule has 7 nitrogen and oxygen atoms in total. The molecule has 1 saturated heterocycles. The Balaban J connectivity index is 1.36. The molecule has 4 aromatic rings. The molecular formula is C28H29N3O4. The number of hydrogen-bond donors (Lipinski definition) is 1. The Morgan fingerprint density at radius 2 is 1.74 bits per heavy atom. The van der Waals surface area contributed by atoms with E-state index in [-0.39, 0.29) is 11.8 Å². The third-order valence-corrected chi connectivity index (χ3v) is 6.44. The molecule has 3 aromatic carbocycles. The van der Waals surface area contributed by atoms with E-state index in [2.05, 4.69) is 4.98 Å². The van der Waals surface area contributed by atoms with E-state index in [1.165, 1.54) is 0 Å². The van der Waals surface area contributed by atoms with Crippen LogP contribution < -0.4 is 14.2 Å². The van der Waals surface area contributed by atoms with Crippen LogP contribution in [0.2, 0.25) is 0 Å². The zero-order chi connectivity index (χ0) is 24.2. The number of fused-ring (bicyclic) bond motifs is 1. The van der Waals surface area contributed by atoms with Crippen LogP contribution in [0.5, 0.6) is 17.2 Å². The average Bonchev–Trinajstić information content (AvgIpc) is 3.36. The van der Waals surface area contributed by atoms with E-state index in [1.807, 2.05) is 59.5 Å². The van der Waals surface area contributed by atoms with Crippen LogP contribution >= 0.6 is 0 Å². The first-order valence-electron chi connectivity index (χ1n) is 11.8. The van der Waals surface area contributed by atoms with E-state index in [9.17, 15) is 4.79 Å². The van der Waals surface area contributed by atoms with Gasteiger partial charge in [0.15, 0.2) is 11.5 Å². The molecule has 1 atom stereocenters. The highest BCUT2D eigenvalue weighted by atomic mass is 16.5. The number of aromatic nitrogens is 2. The third kappa shape index (κ3) is 4.80. The predicted molar refractivity (Wildman–Crippen MR) is 134 cm³/mol. The number of methoxy groups -OCH3 is 2. The molecule has 0 saturated carbocycles. The van der Waals surface area contributed by atoms with Gasteiger partial charge in [0.25, 0.3) is 5.91 Å². The summed E-state index contributed by atoms with van der Waals surface area (Å²) in [6.45, 7) is 1.67. The maximum absolute atomic E-state index is 13.5. The van der Waals surface area contributed by atoms with Crippen molar-refractivity contribution in [2.45, 2.75) is 25.4 Å². The van der Waals surface area contributed by atoms with Crippen LogP contribution in [-0.4, -0.2) is 48.1 Å². The zero-order valence-electron chi connectivity index (χ0n) is 20.0. The molecular weight excluding hydrogens is 442 g/mol. The second-order valence-electron chi connectivity index (χ2n) is 8.71. The molecule has 1 aromatic heterocycles. The molecule has 35 heavy (non-hydrogen) atoms. The normalized spacial score (nSPS) is 15.7. The molecule has 0 radical (unpaired) electrons. The Morgan fingerprint density at radius 1 is 1.03 bits per heavy atom. The van der Waals surface area contributed by atoms with Gasteiger partial charge in [-0.05, 0) is 42.7 Å². The second kappa shape index (κ2) is 10.1. The van der Waals surface area contributed by atoms with Crippen LogP contribution in [-0.2, 0) is 6.61 Å². The summed E-state index contributed by atoms with van der Waals surface area (Å²) in [6, 6.07) is 21.3. The Morgan fingerprint density at radius 3 is 2.46 bits per heavy atom. The lowest BCUT2D eigenvalue weighted by atomic mass is 9.96. The molecule has 1 amide bonds. The minimum Gasteiger partial charge on any atom is -0.493 e. The molecule has 1 N–H and O–H groups in total. The zero-order valence-corrected chi connectivity index (χ0v) is 20.0. The van der Waals surface area contributed by atoms with Gasteiger partial charge < -0.3 is 24.1 Å². The largest absolute Gasteiger partial charge is 0.493 e. The van der Waals surface area contributed by atoms with Gasteiger partial charge >= 0.3 is 0 Å². The summed E-state index contributed by atoms with van der Waals surface area (Å²) in [5.41, 5.74) is 3.51. The van der Waals surface area contributed by atoms with Crippen LogP contribution in [0.15, 0.2) is 66.7 Å². The summed E-state index contributed by atoms with van der Waals surface area (Å²) in [5, 5.41) is 0. The first-order chi connectivity index (χ1) is 17.2. The summed E-state index contributed by atoms with van der Waals surface area (Å²) >= 11 is 0. The lowest BCUT2D eigenvalue weighted by Crippen LogP contribution is -2.39. The lowest BCUT2D eigenvalue weighted by Gasteiger charge is -2.32. The van der Waals surface area contributed by atoms with Crippen LogP contribution in [0, 0.1) is 0 Å². The number of nitrogens with zero attached hydrogens (tertiary/aromatic N) is 2. The van der Waals surface area contributed by atoms with E-state index in [4.69, 9.17) is 19.2 Å². The van der Waals surface area contributed by atoms with Crippen molar-refractivity contribution in [2.75, 3.05) is 27.3 Å². The number of ether oxygens (including phenoxy) is 3. The quantitative estimate of drug-likeness (QED) is 0.402. The van der Waals surface area contributed by atoms with Crippen molar-refractivity contribution < 1.29 is 19.0 Å². The predicted octanol–water partition coefficient (Wildman–Crippen LogP) is 5.18. The fourth-order valence-corrected chi connectivity index (χ4v) is 4.61. The summed E-state index contributed by atoms with van der Waals surface area (Å²) in [6.07, 6.45) is 1.91. The number of likely N-dealkylation sites (tertiary alicyclic amines) is 1. The lowest BCUT2D eigenvalue weighted by molar-refractivity contribution is 0.0704. The number of amides is 1. The number of nitrogens with one attached hydrogen (secondary N) is 1. The monoisotopic (exact) mass is 471 g/mol. The van der Waals surface area contributed by atoms with Gasteiger partial charge in [0.2, 0.25) is 5.75 Å². The van der Waals surface area contributed by atoms with Crippen molar-refractivity contribution in [1.82, 2.24) is 14.9 Å². The minimum atomic E-state index is -0.0583. The van der Waals surface area contributed by atoms with E-state index in [1.54, 1.807) is 26.4 Å². The number of rotatable bonds is 7. The van der Waals surface area contributed by atoms with E-state index in [0.29, 0.717) is 42.5 Å². The topological polar surface area (TPSA) is 76.7 Å². The molecule has 1 unspecified atom stereocenters. The Labute approximate surface area is 204 Å². The van der Waals surface area contributed by atoms with Crippen molar-refractivity contribution in [3.8, 4) is 17.2 Å². The number of carbonyl (C=O) groups is 1. The number of H-pyrrole nitrogens is 1. The van der Waals surface area contributed by atoms with Crippen molar-refractivity contribution in [3.63, 3.8) is 0 Å². The first-order valence-corrected chi connectivity index (χ1v) is 11.8. The third-order valence-electron chi connectivity index (χ3n) is 6.44. The van der Waals surface area contributed by atoms with Crippen molar-refractivity contribution in [2.24, 2.45) is 0 Å². The van der Waals surface area contributed by atoms with Gasteiger partial charge in [-0.2, -0.15) is 0 Å². The summed E-state index contributed by atoms with van der Waals surface area (Å²) in [5.74, 6) is 2.45. The Hall–Kier alpha value is -4.00. The van der Waals surface area contributed by atoms with Gasteiger partial charge in [0.1, 0.15) is 12.4 Å². The number of para-hydroxylation sites is 2. The fourth-order valence-electron chi connectivity index (χ4n) is 4.61. The molecule has 0 bridgehead atoms. The number of benzene rings is 3. The van der Waals surface area contributed by atoms with Gasteiger partial charge in [-0.1, -0.05) is 42.5 Å². The van der Waals surface area contributed by atoms with Crippen molar-refractivity contribution >= 4 is 16.9 Å². The van der Waals surface area contributed by atoms with Gasteiger partial charge in [0.05, 0.1) is 25.3 Å². The van der Waals surface area contributed by atoms with Gasteiger partial charge in [-0.3, -0.25) is 4.79 Å². The molecule has 1 aliphatic rings. The molecule has 1 fully saturated rings. The van der Waals surface area contributed by atoms with E-state index < -0.39 is 0 Å². The number of carbonyl (C=O) groups excluding carboxylic acids is 1.